The van der Waals surface area contributed by atoms with E-state index in [9.17, 15) is 44.1 Å². The molecule has 2 aromatic rings. The lowest BCUT2D eigenvalue weighted by molar-refractivity contribution is -0.385. The molecule has 3 heterocycles. The highest BCUT2D eigenvalue weighted by molar-refractivity contribution is 5.91. The van der Waals surface area contributed by atoms with Gasteiger partial charge in [0, 0.05) is 32.9 Å². The fourth-order valence-corrected chi connectivity index (χ4v) is 9.25. The number of esters is 6. The zero-order valence-corrected chi connectivity index (χ0v) is 31.8. The Morgan fingerprint density at radius 3 is 2.16 bits per heavy atom. The third kappa shape index (κ3) is 6.11. The molecule has 2 aliphatic carbocycles. The van der Waals surface area contributed by atoms with Crippen molar-refractivity contribution in [1.29, 1.82) is 0 Å². The zero-order chi connectivity index (χ0) is 41.1. The summed E-state index contributed by atoms with van der Waals surface area (Å²) in [5.74, 6) is -9.41. The summed E-state index contributed by atoms with van der Waals surface area (Å²) in [7, 11) is 0. The van der Waals surface area contributed by atoms with E-state index in [1.807, 2.05) is 0 Å². The maximum Gasteiger partial charge on any atom is 0.340 e. The van der Waals surface area contributed by atoms with E-state index in [2.05, 4.69) is 4.98 Å². The van der Waals surface area contributed by atoms with Crippen molar-refractivity contribution >= 4 is 35.8 Å². The van der Waals surface area contributed by atoms with Crippen LogP contribution in [0, 0.1) is 17.3 Å². The van der Waals surface area contributed by atoms with Crippen LogP contribution in [0.1, 0.15) is 80.8 Å². The van der Waals surface area contributed by atoms with E-state index in [4.69, 9.17) is 33.2 Å². The minimum Gasteiger partial charge on any atom is -0.465 e. The van der Waals surface area contributed by atoms with Gasteiger partial charge in [0.1, 0.15) is 53.7 Å². The number of aliphatic hydroxyl groups is 3. The molecule has 1 aromatic carbocycles. The summed E-state index contributed by atoms with van der Waals surface area (Å²) in [5.41, 5.74) is -10.00. The van der Waals surface area contributed by atoms with Gasteiger partial charge in [-0.15, -0.1) is 0 Å². The van der Waals surface area contributed by atoms with Gasteiger partial charge < -0.3 is 48.5 Å². The molecule has 2 unspecified atom stereocenters. The minimum atomic E-state index is -2.78. The van der Waals surface area contributed by atoms with Gasteiger partial charge >= 0.3 is 35.8 Å². The Hall–Kier alpha value is -4.97. The Morgan fingerprint density at radius 2 is 1.54 bits per heavy atom. The van der Waals surface area contributed by atoms with E-state index in [0.29, 0.717) is 0 Å². The number of hydrogen-bond donors (Lipinski definition) is 3. The van der Waals surface area contributed by atoms with Crippen LogP contribution in [0.15, 0.2) is 48.7 Å². The summed E-state index contributed by atoms with van der Waals surface area (Å²) >= 11 is 0. The van der Waals surface area contributed by atoms with Crippen LogP contribution in [0.4, 0.5) is 0 Å². The Labute approximate surface area is 321 Å². The molecule has 1 spiro atoms. The molecule has 0 radical (unpaired) electrons. The van der Waals surface area contributed by atoms with E-state index < -0.39 is 126 Å². The lowest BCUT2D eigenvalue weighted by Crippen LogP contribution is -2.88. The molecular weight excluding hydrogens is 738 g/mol. The van der Waals surface area contributed by atoms with E-state index >= 15 is 0 Å². The topological polar surface area (TPSA) is 241 Å². The highest BCUT2D eigenvalue weighted by Crippen LogP contribution is 2.69. The molecule has 0 amide bonds. The van der Waals surface area contributed by atoms with Gasteiger partial charge in [-0.05, 0) is 38.1 Å². The molecule has 3 fully saturated rings. The number of carbonyl (C=O) groups is 6. The first-order valence-corrected chi connectivity index (χ1v) is 18.1. The molecule has 17 heteroatoms. The van der Waals surface area contributed by atoms with Crippen molar-refractivity contribution in [3.05, 3.63) is 65.5 Å². The molecule has 4 bridgehead atoms. The number of cyclic esters (lactones) is 1. The predicted molar refractivity (Wildman–Crippen MR) is 186 cm³/mol. The molecule has 302 valence electrons. The van der Waals surface area contributed by atoms with Gasteiger partial charge in [0.05, 0.1) is 34.8 Å². The van der Waals surface area contributed by atoms with Crippen molar-refractivity contribution in [3.63, 3.8) is 0 Å². The summed E-state index contributed by atoms with van der Waals surface area (Å²) < 4.78 is 42.1. The van der Waals surface area contributed by atoms with Crippen molar-refractivity contribution < 1.29 is 77.2 Å². The van der Waals surface area contributed by atoms with E-state index in [-0.39, 0.29) is 16.8 Å². The van der Waals surface area contributed by atoms with Crippen LogP contribution in [-0.4, -0.2) is 123 Å². The number of fused-ring (bicyclic) bond motifs is 5. The van der Waals surface area contributed by atoms with Crippen molar-refractivity contribution in [3.8, 4) is 0 Å². The second kappa shape index (κ2) is 14.5. The highest BCUT2D eigenvalue weighted by atomic mass is 16.6. The average Bonchev–Trinajstić information content (AvgIpc) is 3.35. The highest BCUT2D eigenvalue weighted by Gasteiger charge is 2.90. The molecule has 4 aliphatic rings. The first-order chi connectivity index (χ1) is 26.2. The average molecular weight is 784 g/mol. The van der Waals surface area contributed by atoms with E-state index in [0.717, 1.165) is 27.7 Å². The largest absolute Gasteiger partial charge is 0.465 e. The number of aliphatic hydroxyl groups excluding tert-OH is 2. The lowest BCUT2D eigenvalue weighted by Gasteiger charge is -2.67. The Balaban J connectivity index is 1.70. The van der Waals surface area contributed by atoms with Crippen LogP contribution < -0.4 is 0 Å². The van der Waals surface area contributed by atoms with Crippen LogP contribution in [-0.2, 0) is 52.3 Å². The standard InChI is InChI=1S/C39H45NO16/c1-18-19(2)33(46)54-30-27(44)31(55-34(47)23-12-9-8-10-13-23)38(17-50-20(3)41)32(53-22(5)43)28(52-21(4)42)25-29(45)39(38,37(30,7)49)56-36(25,6)16-51-35(48)24-14-11-15-40-26(18)24/h8-15,18-19,25,27-32,44-45,49H,16-17H2,1-7H3/t18-,19-,25+,27-,28+,29+,30-,31-,32+,36?,37?,38-,39-/m0/s1. The number of rotatable bonds is 6. The van der Waals surface area contributed by atoms with E-state index in [1.54, 1.807) is 13.0 Å². The summed E-state index contributed by atoms with van der Waals surface area (Å²) in [5, 5.41) is 38.4. The van der Waals surface area contributed by atoms with Crippen molar-refractivity contribution in [2.24, 2.45) is 17.3 Å². The number of benzene rings is 1. The number of ether oxygens (including phenoxy) is 7. The fraction of sp³-hybridized carbons (Fsp3) is 0.564. The Bertz CT molecular complexity index is 1920. The number of hydrogen-bond acceptors (Lipinski definition) is 17. The molecule has 6 rings (SSSR count). The number of aromatic nitrogens is 1. The van der Waals surface area contributed by atoms with Crippen LogP contribution in [0.25, 0.3) is 0 Å². The van der Waals surface area contributed by atoms with Crippen molar-refractivity contribution in [1.82, 2.24) is 4.98 Å². The normalized spacial score (nSPS) is 38.9. The monoisotopic (exact) mass is 783 g/mol. The second-order valence-corrected chi connectivity index (χ2v) is 15.3. The number of nitrogens with zero attached hydrogens (tertiary/aromatic N) is 1. The SMILES string of the molecule is CC(=O)OC[C@]12[C@H](OC(C)=O)[C@H](OC(C)=O)[C@@H]3[C@@H](O)[C@@]14OC3(C)COC(=O)c1cccnc1[C@@H](C)[C@H](C)C(=O)O[C@@H]([C@H](O)[C@@H]2OC(=O)c1ccccc1)C4(C)O. The molecule has 17 nitrogen and oxygen atoms in total. The predicted octanol–water partition coefficient (Wildman–Crippen LogP) is 1.19. The van der Waals surface area contributed by atoms with Gasteiger partial charge in [0.25, 0.3) is 0 Å². The second-order valence-electron chi connectivity index (χ2n) is 15.3. The summed E-state index contributed by atoms with van der Waals surface area (Å²) in [4.78, 5) is 85.1. The van der Waals surface area contributed by atoms with Gasteiger partial charge in [-0.1, -0.05) is 32.0 Å². The minimum absolute atomic E-state index is 0.0152. The van der Waals surface area contributed by atoms with Crippen LogP contribution >= 0.6 is 0 Å². The molecule has 1 aromatic heterocycles. The van der Waals surface area contributed by atoms with Gasteiger partial charge in [0.15, 0.2) is 12.2 Å². The maximum atomic E-state index is 14.2. The van der Waals surface area contributed by atoms with Gasteiger partial charge in [-0.25, -0.2) is 9.59 Å². The summed E-state index contributed by atoms with van der Waals surface area (Å²) in [6.45, 7) is 6.86. The maximum absolute atomic E-state index is 14.2. The molecule has 1 saturated heterocycles. The molecule has 2 saturated carbocycles. The van der Waals surface area contributed by atoms with Gasteiger partial charge in [-0.3, -0.25) is 24.2 Å². The third-order valence-corrected chi connectivity index (χ3v) is 11.8. The smallest absolute Gasteiger partial charge is 0.340 e. The number of pyridine rings is 1. The summed E-state index contributed by atoms with van der Waals surface area (Å²) in [6, 6.07) is 10.4. The first kappa shape index (κ1) is 40.7. The molecular formula is C39H45NO16. The zero-order valence-electron chi connectivity index (χ0n) is 31.8. The van der Waals surface area contributed by atoms with Crippen LogP contribution in [0.5, 0.6) is 0 Å². The van der Waals surface area contributed by atoms with Crippen LogP contribution in [0.2, 0.25) is 0 Å². The van der Waals surface area contributed by atoms with Gasteiger partial charge in [0.2, 0.25) is 0 Å². The molecule has 2 aliphatic heterocycles. The Kier molecular flexibility index (Phi) is 10.5. The van der Waals surface area contributed by atoms with Crippen molar-refractivity contribution in [2.45, 2.75) is 108 Å². The van der Waals surface area contributed by atoms with Crippen molar-refractivity contribution in [2.75, 3.05) is 13.2 Å². The quantitative estimate of drug-likeness (QED) is 0.275. The molecule has 13 atom stereocenters. The molecule has 3 N–H and O–H groups in total. The lowest BCUT2D eigenvalue weighted by atomic mass is 9.45. The molecule has 56 heavy (non-hydrogen) atoms. The Morgan fingerprint density at radius 1 is 0.875 bits per heavy atom. The first-order valence-electron chi connectivity index (χ1n) is 18.1. The summed E-state index contributed by atoms with van der Waals surface area (Å²) in [6.07, 6.45) is -10.9. The van der Waals surface area contributed by atoms with Crippen LogP contribution in [0.3, 0.4) is 0 Å². The number of carbonyl (C=O) groups excluding carboxylic acids is 6. The van der Waals surface area contributed by atoms with Gasteiger partial charge in [-0.2, -0.15) is 0 Å². The van der Waals surface area contributed by atoms with E-state index in [1.165, 1.54) is 56.4 Å². The fourth-order valence-electron chi connectivity index (χ4n) is 9.25. The third-order valence-electron chi connectivity index (χ3n) is 11.8.